The molecule has 104 valence electrons. The van der Waals surface area contributed by atoms with Gasteiger partial charge in [0, 0.05) is 5.56 Å². The first-order valence-corrected chi connectivity index (χ1v) is 6.29. The molecule has 0 amide bonds. The van der Waals surface area contributed by atoms with E-state index in [1.54, 1.807) is 0 Å². The van der Waals surface area contributed by atoms with Crippen LogP contribution >= 0.6 is 0 Å². The zero-order valence-corrected chi connectivity index (χ0v) is 10.7. The Bertz CT molecular complexity index is 494. The van der Waals surface area contributed by atoms with Crippen molar-refractivity contribution in [2.45, 2.75) is 37.5 Å². The summed E-state index contributed by atoms with van der Waals surface area (Å²) in [6.45, 7) is 0. The summed E-state index contributed by atoms with van der Waals surface area (Å²) in [6.07, 6.45) is 2.71. The van der Waals surface area contributed by atoms with E-state index in [-0.39, 0.29) is 24.2 Å². The van der Waals surface area contributed by atoms with Gasteiger partial charge < -0.3 is 9.84 Å². The first-order valence-electron chi connectivity index (χ1n) is 6.29. The SMILES string of the molecule is COc1ccc(F)c(C2(C(=O)O)CCCCC2)c1F. The standard InChI is InChI=1S/C14H16F2O3/c1-19-10-6-5-9(15)11(12(10)16)14(13(17)18)7-3-2-4-8-14/h5-6H,2-4,7-8H2,1H3,(H,17,18). The Labute approximate surface area is 110 Å². The van der Waals surface area contributed by atoms with Crippen molar-refractivity contribution in [3.63, 3.8) is 0 Å². The van der Waals surface area contributed by atoms with E-state index in [9.17, 15) is 18.7 Å². The lowest BCUT2D eigenvalue weighted by molar-refractivity contribution is -0.145. The second-order valence-corrected chi connectivity index (χ2v) is 4.89. The number of carbonyl (C=O) groups is 1. The zero-order valence-electron chi connectivity index (χ0n) is 10.7. The number of methoxy groups -OCH3 is 1. The van der Waals surface area contributed by atoms with Gasteiger partial charge in [0.2, 0.25) is 0 Å². The summed E-state index contributed by atoms with van der Waals surface area (Å²) in [5.74, 6) is -3.00. The van der Waals surface area contributed by atoms with E-state index in [0.717, 1.165) is 12.5 Å². The van der Waals surface area contributed by atoms with Crippen LogP contribution in [0.3, 0.4) is 0 Å². The molecule has 0 aliphatic heterocycles. The number of hydrogen-bond donors (Lipinski definition) is 1. The third kappa shape index (κ3) is 2.17. The van der Waals surface area contributed by atoms with E-state index in [1.165, 1.54) is 13.2 Å². The van der Waals surface area contributed by atoms with Crippen LogP contribution in [-0.4, -0.2) is 18.2 Å². The largest absolute Gasteiger partial charge is 0.494 e. The Hall–Kier alpha value is -1.65. The molecule has 0 heterocycles. The van der Waals surface area contributed by atoms with Gasteiger partial charge in [0.1, 0.15) is 5.82 Å². The van der Waals surface area contributed by atoms with Gasteiger partial charge in [-0.05, 0) is 25.0 Å². The molecule has 1 aliphatic carbocycles. The molecular weight excluding hydrogens is 254 g/mol. The molecule has 0 unspecified atom stereocenters. The van der Waals surface area contributed by atoms with Crippen molar-refractivity contribution >= 4 is 5.97 Å². The maximum absolute atomic E-state index is 14.3. The van der Waals surface area contributed by atoms with E-state index in [1.807, 2.05) is 0 Å². The minimum absolute atomic E-state index is 0.123. The third-order valence-electron chi connectivity index (χ3n) is 3.87. The number of carboxylic acids is 1. The van der Waals surface area contributed by atoms with Gasteiger partial charge in [-0.15, -0.1) is 0 Å². The topological polar surface area (TPSA) is 46.5 Å². The van der Waals surface area contributed by atoms with Crippen molar-refractivity contribution in [2.75, 3.05) is 7.11 Å². The Morgan fingerprint density at radius 1 is 1.26 bits per heavy atom. The Kier molecular flexibility index (Phi) is 3.73. The molecule has 0 saturated heterocycles. The molecule has 0 radical (unpaired) electrons. The third-order valence-corrected chi connectivity index (χ3v) is 3.87. The van der Waals surface area contributed by atoms with Crippen LogP contribution in [0.1, 0.15) is 37.7 Å². The smallest absolute Gasteiger partial charge is 0.314 e. The van der Waals surface area contributed by atoms with E-state index in [0.29, 0.717) is 12.8 Å². The van der Waals surface area contributed by atoms with E-state index in [2.05, 4.69) is 0 Å². The van der Waals surface area contributed by atoms with Crippen LogP contribution < -0.4 is 4.74 Å². The molecule has 3 nitrogen and oxygen atoms in total. The van der Waals surface area contributed by atoms with Gasteiger partial charge in [-0.25, -0.2) is 8.78 Å². The highest BCUT2D eigenvalue weighted by atomic mass is 19.1. The number of benzene rings is 1. The molecule has 1 saturated carbocycles. The van der Waals surface area contributed by atoms with Gasteiger partial charge in [-0.1, -0.05) is 19.3 Å². The van der Waals surface area contributed by atoms with Gasteiger partial charge in [0.05, 0.1) is 12.5 Å². The van der Waals surface area contributed by atoms with Crippen LogP contribution in [0.2, 0.25) is 0 Å². The van der Waals surface area contributed by atoms with Crippen LogP contribution in [-0.2, 0) is 10.2 Å². The summed E-state index contributed by atoms with van der Waals surface area (Å²) < 4.78 is 33.1. The number of hydrogen-bond acceptors (Lipinski definition) is 2. The molecule has 1 aromatic rings. The molecule has 1 aliphatic rings. The number of carboxylic acid groups (broad SMARTS) is 1. The average molecular weight is 270 g/mol. The van der Waals surface area contributed by atoms with Gasteiger partial charge >= 0.3 is 5.97 Å². The van der Waals surface area contributed by atoms with Crippen LogP contribution in [0.25, 0.3) is 0 Å². The van der Waals surface area contributed by atoms with Crippen molar-refractivity contribution in [2.24, 2.45) is 0 Å². The van der Waals surface area contributed by atoms with Crippen molar-refractivity contribution in [1.29, 1.82) is 0 Å². The Balaban J connectivity index is 2.62. The summed E-state index contributed by atoms with van der Waals surface area (Å²) >= 11 is 0. The predicted octanol–water partition coefficient (Wildman–Crippen LogP) is 3.26. The van der Waals surface area contributed by atoms with E-state index >= 15 is 0 Å². The van der Waals surface area contributed by atoms with Gasteiger partial charge in [0.15, 0.2) is 11.6 Å². The molecule has 1 N–H and O–H groups in total. The average Bonchev–Trinajstić information content (AvgIpc) is 2.40. The number of halogens is 2. The highest BCUT2D eigenvalue weighted by Gasteiger charge is 2.45. The number of aliphatic carboxylic acids is 1. The van der Waals surface area contributed by atoms with Gasteiger partial charge in [0.25, 0.3) is 0 Å². The van der Waals surface area contributed by atoms with Crippen LogP contribution in [0.15, 0.2) is 12.1 Å². The molecule has 19 heavy (non-hydrogen) atoms. The molecule has 0 bridgehead atoms. The maximum Gasteiger partial charge on any atom is 0.314 e. The predicted molar refractivity (Wildman–Crippen MR) is 65.3 cm³/mol. The molecule has 0 aromatic heterocycles. The second kappa shape index (κ2) is 5.15. The van der Waals surface area contributed by atoms with Gasteiger partial charge in [-0.3, -0.25) is 4.79 Å². The summed E-state index contributed by atoms with van der Waals surface area (Å²) in [4.78, 5) is 11.6. The summed E-state index contributed by atoms with van der Waals surface area (Å²) in [6, 6.07) is 2.24. The van der Waals surface area contributed by atoms with Crippen LogP contribution in [0, 0.1) is 11.6 Å². The van der Waals surface area contributed by atoms with E-state index < -0.39 is 23.0 Å². The molecule has 5 heteroatoms. The summed E-state index contributed by atoms with van der Waals surface area (Å²) in [5.41, 5.74) is -1.83. The van der Waals surface area contributed by atoms with Gasteiger partial charge in [-0.2, -0.15) is 0 Å². The molecule has 0 spiro atoms. The number of rotatable bonds is 3. The van der Waals surface area contributed by atoms with Crippen molar-refractivity contribution in [3.8, 4) is 5.75 Å². The lowest BCUT2D eigenvalue weighted by atomic mass is 9.69. The summed E-state index contributed by atoms with van der Waals surface area (Å²) in [5, 5.41) is 9.48. The highest BCUT2D eigenvalue weighted by molar-refractivity contribution is 5.82. The fourth-order valence-corrected chi connectivity index (χ4v) is 2.86. The minimum Gasteiger partial charge on any atom is -0.494 e. The molecule has 0 atom stereocenters. The quantitative estimate of drug-likeness (QED) is 0.917. The second-order valence-electron chi connectivity index (χ2n) is 4.89. The van der Waals surface area contributed by atoms with Crippen LogP contribution in [0.4, 0.5) is 8.78 Å². The minimum atomic E-state index is -1.47. The van der Waals surface area contributed by atoms with Crippen molar-refractivity contribution in [1.82, 2.24) is 0 Å². The first-order chi connectivity index (χ1) is 9.03. The number of ether oxygens (including phenoxy) is 1. The Morgan fingerprint density at radius 3 is 2.42 bits per heavy atom. The highest BCUT2D eigenvalue weighted by Crippen LogP contribution is 2.43. The fraction of sp³-hybridized carbons (Fsp3) is 0.500. The van der Waals surface area contributed by atoms with E-state index in [4.69, 9.17) is 4.74 Å². The molecule has 1 aromatic carbocycles. The van der Waals surface area contributed by atoms with Crippen LogP contribution in [0.5, 0.6) is 5.75 Å². The lowest BCUT2D eigenvalue weighted by Crippen LogP contribution is -2.39. The normalized spacial score (nSPS) is 18.1. The van der Waals surface area contributed by atoms with Crippen molar-refractivity contribution in [3.05, 3.63) is 29.3 Å². The Morgan fingerprint density at radius 2 is 1.89 bits per heavy atom. The molecule has 1 fully saturated rings. The zero-order chi connectivity index (χ0) is 14.0. The lowest BCUT2D eigenvalue weighted by Gasteiger charge is -2.34. The molecule has 2 rings (SSSR count). The first kappa shape index (κ1) is 13.8. The summed E-state index contributed by atoms with van der Waals surface area (Å²) in [7, 11) is 1.27. The maximum atomic E-state index is 14.3. The monoisotopic (exact) mass is 270 g/mol. The fourth-order valence-electron chi connectivity index (χ4n) is 2.86. The molecular formula is C14H16F2O3. The van der Waals surface area contributed by atoms with Crippen molar-refractivity contribution < 1.29 is 23.4 Å².